The summed E-state index contributed by atoms with van der Waals surface area (Å²) in [5.41, 5.74) is 7.10. The Hall–Kier alpha value is -0.770. The normalized spacial score (nSPS) is 11.5. The van der Waals surface area contributed by atoms with Gasteiger partial charge >= 0.3 is 0 Å². The van der Waals surface area contributed by atoms with Crippen LogP contribution in [0.25, 0.3) is 0 Å². The zero-order valence-corrected chi connectivity index (χ0v) is 10.2. The summed E-state index contributed by atoms with van der Waals surface area (Å²) in [6, 6.07) is 4.81. The van der Waals surface area contributed by atoms with Crippen molar-refractivity contribution in [1.29, 1.82) is 0 Å². The molecule has 0 bridgehead atoms. The molecule has 1 rings (SSSR count). The number of halogens is 2. The minimum absolute atomic E-state index is 0. The van der Waals surface area contributed by atoms with Gasteiger partial charge in [0, 0.05) is 10.7 Å². The van der Waals surface area contributed by atoms with Gasteiger partial charge in [-0.2, -0.15) is 0 Å². The number of anilines is 1. The molecule has 3 N–H and O–H groups in total. The topological polar surface area (TPSA) is 55.1 Å². The van der Waals surface area contributed by atoms with Crippen molar-refractivity contribution in [2.45, 2.75) is 19.9 Å². The van der Waals surface area contributed by atoms with Crippen molar-refractivity contribution in [2.75, 3.05) is 5.32 Å². The first-order chi connectivity index (χ1) is 6.50. The Morgan fingerprint density at radius 2 is 2.13 bits per heavy atom. The number of carbonyl (C=O) groups is 1. The van der Waals surface area contributed by atoms with E-state index >= 15 is 0 Å². The first kappa shape index (κ1) is 14.2. The lowest BCUT2D eigenvalue weighted by atomic mass is 10.2. The molecule has 1 aromatic rings. The highest BCUT2D eigenvalue weighted by molar-refractivity contribution is 6.31. The lowest BCUT2D eigenvalue weighted by Gasteiger charge is -2.10. The number of aryl methyl sites for hydroxylation is 1. The van der Waals surface area contributed by atoms with Gasteiger partial charge in [-0.1, -0.05) is 17.7 Å². The number of hydrogen-bond donors (Lipinski definition) is 2. The number of nitrogens with one attached hydrogen (secondary N) is 1. The first-order valence-electron chi connectivity index (χ1n) is 4.33. The summed E-state index contributed by atoms with van der Waals surface area (Å²) >= 11 is 5.80. The number of hydrogen-bond acceptors (Lipinski definition) is 2. The summed E-state index contributed by atoms with van der Waals surface area (Å²) in [7, 11) is 0. The highest BCUT2D eigenvalue weighted by atomic mass is 35.5. The minimum Gasteiger partial charge on any atom is -0.324 e. The van der Waals surface area contributed by atoms with E-state index in [2.05, 4.69) is 5.32 Å². The summed E-state index contributed by atoms with van der Waals surface area (Å²) in [5.74, 6) is -0.213. The van der Waals surface area contributed by atoms with E-state index in [1.54, 1.807) is 19.1 Å². The third-order valence-electron chi connectivity index (χ3n) is 1.87. The fraction of sp³-hybridized carbons (Fsp3) is 0.300. The van der Waals surface area contributed by atoms with Crippen LogP contribution in [0, 0.1) is 6.92 Å². The molecule has 0 aliphatic carbocycles. The molecule has 1 aromatic carbocycles. The second-order valence-electron chi connectivity index (χ2n) is 3.24. The molecule has 84 valence electrons. The van der Waals surface area contributed by atoms with E-state index in [-0.39, 0.29) is 18.3 Å². The molecular weight excluding hydrogens is 235 g/mol. The summed E-state index contributed by atoms with van der Waals surface area (Å²) in [5, 5.41) is 3.30. The summed E-state index contributed by atoms with van der Waals surface area (Å²) in [6.07, 6.45) is 0. The largest absolute Gasteiger partial charge is 0.324 e. The molecule has 0 saturated heterocycles. The molecule has 5 heteroatoms. The number of rotatable bonds is 2. The smallest absolute Gasteiger partial charge is 0.241 e. The Morgan fingerprint density at radius 3 is 2.67 bits per heavy atom. The van der Waals surface area contributed by atoms with Gasteiger partial charge in [0.2, 0.25) is 5.91 Å². The molecule has 0 aromatic heterocycles. The van der Waals surface area contributed by atoms with Gasteiger partial charge in [0.1, 0.15) is 0 Å². The number of benzene rings is 1. The van der Waals surface area contributed by atoms with Gasteiger partial charge in [-0.15, -0.1) is 12.4 Å². The standard InChI is InChI=1S/C10H13ClN2O.ClH/c1-6-3-4-8(11)5-9(6)13-10(14)7(2)12;/h3-5,7H,12H2,1-2H3,(H,13,14);1H. The average molecular weight is 249 g/mol. The Bertz CT molecular complexity index is 353. The maximum absolute atomic E-state index is 11.3. The third-order valence-corrected chi connectivity index (χ3v) is 2.11. The summed E-state index contributed by atoms with van der Waals surface area (Å²) in [6.45, 7) is 3.53. The van der Waals surface area contributed by atoms with Gasteiger partial charge in [0.15, 0.2) is 0 Å². The predicted octanol–water partition coefficient (Wildman–Crippen LogP) is 2.36. The van der Waals surface area contributed by atoms with Crippen LogP contribution in [-0.4, -0.2) is 11.9 Å². The molecule has 0 saturated carbocycles. The van der Waals surface area contributed by atoms with Crippen molar-refractivity contribution in [2.24, 2.45) is 5.73 Å². The Balaban J connectivity index is 0.00000196. The molecular formula is C10H14Cl2N2O. The number of carbonyl (C=O) groups excluding carboxylic acids is 1. The highest BCUT2D eigenvalue weighted by Crippen LogP contribution is 2.20. The van der Waals surface area contributed by atoms with E-state index in [1.165, 1.54) is 0 Å². The van der Waals surface area contributed by atoms with Crippen LogP contribution in [0.4, 0.5) is 5.69 Å². The van der Waals surface area contributed by atoms with Gasteiger partial charge in [-0.05, 0) is 31.5 Å². The van der Waals surface area contributed by atoms with Crippen molar-refractivity contribution in [1.82, 2.24) is 0 Å². The van der Waals surface area contributed by atoms with E-state index in [4.69, 9.17) is 17.3 Å². The Morgan fingerprint density at radius 1 is 1.53 bits per heavy atom. The van der Waals surface area contributed by atoms with E-state index in [0.717, 1.165) is 5.56 Å². The lowest BCUT2D eigenvalue weighted by molar-refractivity contribution is -0.117. The van der Waals surface area contributed by atoms with Crippen molar-refractivity contribution in [3.63, 3.8) is 0 Å². The predicted molar refractivity (Wildman–Crippen MR) is 65.7 cm³/mol. The van der Waals surface area contributed by atoms with Gasteiger partial charge in [0.25, 0.3) is 0 Å². The monoisotopic (exact) mass is 248 g/mol. The van der Waals surface area contributed by atoms with Crippen LogP contribution in [0.1, 0.15) is 12.5 Å². The van der Waals surface area contributed by atoms with Gasteiger partial charge in [-0.3, -0.25) is 4.79 Å². The lowest BCUT2D eigenvalue weighted by Crippen LogP contribution is -2.32. The molecule has 0 heterocycles. The molecule has 0 fully saturated rings. The van der Waals surface area contributed by atoms with Crippen LogP contribution < -0.4 is 11.1 Å². The van der Waals surface area contributed by atoms with Crippen molar-refractivity contribution < 1.29 is 4.79 Å². The molecule has 1 amide bonds. The van der Waals surface area contributed by atoms with Crippen LogP contribution in [0.3, 0.4) is 0 Å². The van der Waals surface area contributed by atoms with E-state index in [0.29, 0.717) is 10.7 Å². The Labute approximate surface area is 100 Å². The van der Waals surface area contributed by atoms with Crippen LogP contribution in [-0.2, 0) is 4.79 Å². The fourth-order valence-corrected chi connectivity index (χ4v) is 1.15. The van der Waals surface area contributed by atoms with Crippen molar-refractivity contribution in [3.05, 3.63) is 28.8 Å². The quantitative estimate of drug-likeness (QED) is 0.845. The van der Waals surface area contributed by atoms with Crippen LogP contribution in [0.5, 0.6) is 0 Å². The highest BCUT2D eigenvalue weighted by Gasteiger charge is 2.08. The van der Waals surface area contributed by atoms with Gasteiger partial charge in [0.05, 0.1) is 6.04 Å². The fourth-order valence-electron chi connectivity index (χ4n) is 0.975. The molecule has 0 aliphatic rings. The van der Waals surface area contributed by atoms with Crippen LogP contribution in [0.15, 0.2) is 18.2 Å². The van der Waals surface area contributed by atoms with Crippen molar-refractivity contribution >= 4 is 35.6 Å². The second-order valence-corrected chi connectivity index (χ2v) is 3.67. The molecule has 15 heavy (non-hydrogen) atoms. The SMILES string of the molecule is Cc1ccc(Cl)cc1NC(=O)C(C)N.Cl. The molecule has 3 nitrogen and oxygen atoms in total. The maximum atomic E-state index is 11.3. The zero-order valence-electron chi connectivity index (χ0n) is 8.58. The minimum atomic E-state index is -0.520. The second kappa shape index (κ2) is 5.95. The molecule has 0 aliphatic heterocycles. The van der Waals surface area contributed by atoms with Gasteiger partial charge in [-0.25, -0.2) is 0 Å². The number of amides is 1. The molecule has 0 radical (unpaired) electrons. The van der Waals surface area contributed by atoms with E-state index in [1.807, 2.05) is 13.0 Å². The van der Waals surface area contributed by atoms with E-state index in [9.17, 15) is 4.79 Å². The summed E-state index contributed by atoms with van der Waals surface area (Å²) < 4.78 is 0. The molecule has 1 atom stereocenters. The number of nitrogens with two attached hydrogens (primary N) is 1. The van der Waals surface area contributed by atoms with E-state index < -0.39 is 6.04 Å². The summed E-state index contributed by atoms with van der Waals surface area (Å²) in [4.78, 5) is 11.3. The van der Waals surface area contributed by atoms with Crippen molar-refractivity contribution in [3.8, 4) is 0 Å². The van der Waals surface area contributed by atoms with Gasteiger partial charge < -0.3 is 11.1 Å². The first-order valence-corrected chi connectivity index (χ1v) is 4.71. The van der Waals surface area contributed by atoms with Crippen LogP contribution in [0.2, 0.25) is 5.02 Å². The Kier molecular flexibility index (Phi) is 5.65. The molecule has 1 unspecified atom stereocenters. The zero-order chi connectivity index (χ0) is 10.7. The molecule has 0 spiro atoms. The van der Waals surface area contributed by atoms with Crippen LogP contribution >= 0.6 is 24.0 Å². The maximum Gasteiger partial charge on any atom is 0.241 e. The average Bonchev–Trinajstić information content (AvgIpc) is 2.11. The third kappa shape index (κ3) is 4.08.